The second-order valence-electron chi connectivity index (χ2n) is 4.70. The molecule has 3 nitrogen and oxygen atoms in total. The first-order valence-corrected chi connectivity index (χ1v) is 7.28. The zero-order valence-electron chi connectivity index (χ0n) is 11.9. The lowest BCUT2D eigenvalue weighted by atomic mass is 10.1. The molecule has 0 aromatic heterocycles. The first-order chi connectivity index (χ1) is 10.0. The second kappa shape index (κ2) is 6.72. The predicted octanol–water partition coefficient (Wildman–Crippen LogP) is 3.90. The van der Waals surface area contributed by atoms with Crippen molar-refractivity contribution in [2.75, 3.05) is 19.4 Å². The van der Waals surface area contributed by atoms with Gasteiger partial charge in [-0.05, 0) is 29.8 Å². The third kappa shape index (κ3) is 3.61. The number of benzene rings is 2. The van der Waals surface area contributed by atoms with E-state index in [0.29, 0.717) is 12.1 Å². The lowest BCUT2D eigenvalue weighted by molar-refractivity contribution is 0.0785. The van der Waals surface area contributed by atoms with Gasteiger partial charge in [0, 0.05) is 25.1 Å². The quantitative estimate of drug-likeness (QED) is 0.906. The summed E-state index contributed by atoms with van der Waals surface area (Å²) < 4.78 is 14.7. The Hall–Kier alpha value is -1.88. The van der Waals surface area contributed by atoms with Gasteiger partial charge in [-0.3, -0.25) is 4.79 Å². The van der Waals surface area contributed by atoms with Gasteiger partial charge in [-0.1, -0.05) is 34.1 Å². The third-order valence-corrected chi connectivity index (χ3v) is 3.70. The zero-order valence-corrected chi connectivity index (χ0v) is 13.4. The van der Waals surface area contributed by atoms with Crippen LogP contribution in [0.1, 0.15) is 15.9 Å². The van der Waals surface area contributed by atoms with Gasteiger partial charge in [0.25, 0.3) is 5.91 Å². The minimum Gasteiger partial charge on any atom is -0.385 e. The van der Waals surface area contributed by atoms with Gasteiger partial charge < -0.3 is 10.2 Å². The van der Waals surface area contributed by atoms with E-state index in [0.717, 1.165) is 10.0 Å². The van der Waals surface area contributed by atoms with Crippen molar-refractivity contribution in [2.24, 2.45) is 0 Å². The van der Waals surface area contributed by atoms with Crippen LogP contribution in [0.25, 0.3) is 0 Å². The van der Waals surface area contributed by atoms with Gasteiger partial charge in [-0.2, -0.15) is 0 Å². The van der Waals surface area contributed by atoms with Crippen molar-refractivity contribution in [1.29, 1.82) is 0 Å². The largest absolute Gasteiger partial charge is 0.385 e. The Labute approximate surface area is 131 Å². The molecular formula is C16H16BrFN2O. The summed E-state index contributed by atoms with van der Waals surface area (Å²) in [5, 5.41) is 2.74. The summed E-state index contributed by atoms with van der Waals surface area (Å²) in [5.41, 5.74) is 1.57. The number of nitrogens with one attached hydrogen (secondary N) is 1. The summed E-state index contributed by atoms with van der Waals surface area (Å²) in [6, 6.07) is 12.2. The van der Waals surface area contributed by atoms with Gasteiger partial charge in [0.2, 0.25) is 0 Å². The van der Waals surface area contributed by atoms with Crippen LogP contribution in [0.5, 0.6) is 0 Å². The van der Waals surface area contributed by atoms with Crippen LogP contribution in [-0.4, -0.2) is 24.9 Å². The number of rotatable bonds is 4. The molecule has 1 amide bonds. The minimum absolute atomic E-state index is 0.221. The van der Waals surface area contributed by atoms with Crippen LogP contribution in [0.4, 0.5) is 10.1 Å². The van der Waals surface area contributed by atoms with Crippen molar-refractivity contribution in [1.82, 2.24) is 4.90 Å². The van der Waals surface area contributed by atoms with Crippen LogP contribution in [-0.2, 0) is 6.54 Å². The molecule has 0 saturated carbocycles. The first-order valence-electron chi connectivity index (χ1n) is 6.49. The summed E-state index contributed by atoms with van der Waals surface area (Å²) >= 11 is 3.37. The summed E-state index contributed by atoms with van der Waals surface area (Å²) in [7, 11) is 3.30. The summed E-state index contributed by atoms with van der Waals surface area (Å²) in [6.07, 6.45) is 0. The average molecular weight is 351 g/mol. The van der Waals surface area contributed by atoms with Crippen molar-refractivity contribution < 1.29 is 9.18 Å². The highest BCUT2D eigenvalue weighted by Gasteiger charge is 2.17. The molecule has 0 saturated heterocycles. The molecule has 0 fully saturated rings. The van der Waals surface area contributed by atoms with Crippen LogP contribution in [0.15, 0.2) is 46.9 Å². The van der Waals surface area contributed by atoms with E-state index in [1.165, 1.54) is 12.1 Å². The fraction of sp³-hybridized carbons (Fsp3) is 0.188. The van der Waals surface area contributed by atoms with E-state index in [1.54, 1.807) is 25.1 Å². The number of carbonyl (C=O) groups excluding carboxylic acids is 1. The predicted molar refractivity (Wildman–Crippen MR) is 85.9 cm³/mol. The molecule has 0 radical (unpaired) electrons. The van der Waals surface area contributed by atoms with Crippen LogP contribution in [0.3, 0.4) is 0 Å². The Balaban J connectivity index is 2.19. The number of hydrogen-bond acceptors (Lipinski definition) is 2. The number of nitrogens with zero attached hydrogens (tertiary/aromatic N) is 1. The molecule has 2 aromatic carbocycles. The molecule has 5 heteroatoms. The van der Waals surface area contributed by atoms with Crippen molar-refractivity contribution in [3.8, 4) is 0 Å². The molecule has 0 aliphatic rings. The number of para-hydroxylation sites is 1. The van der Waals surface area contributed by atoms with Gasteiger partial charge in [0.15, 0.2) is 0 Å². The molecule has 0 atom stereocenters. The van der Waals surface area contributed by atoms with Gasteiger partial charge >= 0.3 is 0 Å². The Morgan fingerprint density at radius 3 is 2.52 bits per heavy atom. The molecule has 0 unspecified atom stereocenters. The van der Waals surface area contributed by atoms with Gasteiger partial charge in [-0.25, -0.2) is 4.39 Å². The molecule has 2 rings (SSSR count). The van der Waals surface area contributed by atoms with Crippen LogP contribution >= 0.6 is 15.9 Å². The molecular weight excluding hydrogens is 335 g/mol. The molecule has 1 N–H and O–H groups in total. The molecule has 110 valence electrons. The highest BCUT2D eigenvalue weighted by atomic mass is 79.9. The minimum atomic E-state index is -0.430. The number of anilines is 1. The topological polar surface area (TPSA) is 32.3 Å². The Morgan fingerprint density at radius 1 is 1.24 bits per heavy atom. The van der Waals surface area contributed by atoms with E-state index in [-0.39, 0.29) is 11.6 Å². The van der Waals surface area contributed by atoms with Crippen molar-refractivity contribution in [3.63, 3.8) is 0 Å². The van der Waals surface area contributed by atoms with E-state index in [4.69, 9.17) is 0 Å². The van der Waals surface area contributed by atoms with Gasteiger partial charge in [-0.15, -0.1) is 0 Å². The Bertz CT molecular complexity index is 643. The molecule has 0 bridgehead atoms. The zero-order chi connectivity index (χ0) is 15.4. The first kappa shape index (κ1) is 15.5. The number of carbonyl (C=O) groups is 1. The lowest BCUT2D eigenvalue weighted by Crippen LogP contribution is -2.27. The van der Waals surface area contributed by atoms with E-state index < -0.39 is 5.82 Å². The fourth-order valence-electron chi connectivity index (χ4n) is 2.10. The Morgan fingerprint density at radius 2 is 1.90 bits per heavy atom. The number of amides is 1. The maximum absolute atomic E-state index is 13.7. The molecule has 0 heterocycles. The summed E-state index contributed by atoms with van der Waals surface area (Å²) in [5.74, 6) is -0.651. The van der Waals surface area contributed by atoms with E-state index in [2.05, 4.69) is 21.2 Å². The molecule has 0 aliphatic carbocycles. The van der Waals surface area contributed by atoms with Gasteiger partial charge in [0.1, 0.15) is 5.82 Å². The number of halogens is 2. The van der Waals surface area contributed by atoms with Crippen LogP contribution in [0.2, 0.25) is 0 Å². The fourth-order valence-corrected chi connectivity index (χ4v) is 2.36. The molecule has 0 spiro atoms. The van der Waals surface area contributed by atoms with E-state index in [1.807, 2.05) is 24.3 Å². The normalized spacial score (nSPS) is 10.3. The highest BCUT2D eigenvalue weighted by Crippen LogP contribution is 2.21. The monoisotopic (exact) mass is 350 g/mol. The average Bonchev–Trinajstić information content (AvgIpc) is 2.48. The molecule has 2 aromatic rings. The highest BCUT2D eigenvalue weighted by molar-refractivity contribution is 9.10. The van der Waals surface area contributed by atoms with Crippen molar-refractivity contribution in [3.05, 3.63) is 63.9 Å². The maximum Gasteiger partial charge on any atom is 0.256 e. The third-order valence-electron chi connectivity index (χ3n) is 3.17. The van der Waals surface area contributed by atoms with Gasteiger partial charge in [0.05, 0.1) is 11.3 Å². The number of hydrogen-bond donors (Lipinski definition) is 1. The maximum atomic E-state index is 13.7. The second-order valence-corrected chi connectivity index (χ2v) is 5.62. The van der Waals surface area contributed by atoms with Crippen molar-refractivity contribution in [2.45, 2.75) is 6.54 Å². The standard InChI is InChI=1S/C16H16BrFN2O/c1-19-15-13(4-3-5-14(15)18)16(21)20(2)10-11-6-8-12(17)9-7-11/h3-9,19H,10H2,1-2H3. The van der Waals surface area contributed by atoms with E-state index >= 15 is 0 Å². The SMILES string of the molecule is CNc1c(F)cccc1C(=O)N(C)Cc1ccc(Br)cc1. The molecule has 21 heavy (non-hydrogen) atoms. The summed E-state index contributed by atoms with van der Waals surface area (Å²) in [4.78, 5) is 14.0. The molecule has 0 aliphatic heterocycles. The van der Waals surface area contributed by atoms with Crippen molar-refractivity contribution >= 4 is 27.5 Å². The summed E-state index contributed by atoms with van der Waals surface area (Å²) in [6.45, 7) is 0.464. The van der Waals surface area contributed by atoms with Crippen LogP contribution < -0.4 is 5.32 Å². The van der Waals surface area contributed by atoms with Crippen LogP contribution in [0, 0.1) is 5.82 Å². The smallest absolute Gasteiger partial charge is 0.256 e. The van der Waals surface area contributed by atoms with E-state index in [9.17, 15) is 9.18 Å². The Kier molecular flexibility index (Phi) is 4.96. The lowest BCUT2D eigenvalue weighted by Gasteiger charge is -2.19.